The molecule has 0 spiro atoms. The van der Waals surface area contributed by atoms with Crippen molar-refractivity contribution < 1.29 is 5.11 Å². The van der Waals surface area contributed by atoms with Gasteiger partial charge in [-0.1, -0.05) is 44.2 Å². The maximum Gasteiger partial charge on any atom is 0.0445 e. The minimum Gasteiger partial charge on any atom is -0.396 e. The molecule has 0 radical (unpaired) electrons. The van der Waals surface area contributed by atoms with E-state index in [1.54, 1.807) is 0 Å². The van der Waals surface area contributed by atoms with Gasteiger partial charge in [-0.25, -0.2) is 0 Å². The summed E-state index contributed by atoms with van der Waals surface area (Å²) in [6.07, 6.45) is 0.814. The summed E-state index contributed by atoms with van der Waals surface area (Å²) in [6.45, 7) is 6.79. The summed E-state index contributed by atoms with van der Waals surface area (Å²) in [5.74, 6) is 0.540. The molecule has 16 heavy (non-hydrogen) atoms. The Hall–Kier alpha value is -0.860. The number of rotatable bonds is 6. The fourth-order valence-electron chi connectivity index (χ4n) is 1.91. The lowest BCUT2D eigenvalue weighted by molar-refractivity contribution is 0.237. The van der Waals surface area contributed by atoms with E-state index in [0.29, 0.717) is 18.0 Å². The topological polar surface area (TPSA) is 32.3 Å². The molecule has 2 N–H and O–H groups in total. The molecular weight excluding hydrogens is 198 g/mol. The number of aliphatic hydroxyl groups is 1. The maximum atomic E-state index is 9.03. The monoisotopic (exact) mass is 221 g/mol. The van der Waals surface area contributed by atoms with Crippen molar-refractivity contribution in [2.75, 3.05) is 6.61 Å². The molecule has 0 fully saturated rings. The van der Waals surface area contributed by atoms with Crippen molar-refractivity contribution in [3.05, 3.63) is 35.9 Å². The van der Waals surface area contributed by atoms with Crippen LogP contribution in [-0.2, 0) is 0 Å². The Bertz CT molecular complexity index is 284. The van der Waals surface area contributed by atoms with Gasteiger partial charge in [0.25, 0.3) is 0 Å². The molecule has 2 unspecified atom stereocenters. The molecular formula is C14H23NO. The smallest absolute Gasteiger partial charge is 0.0445 e. The van der Waals surface area contributed by atoms with Crippen molar-refractivity contribution in [3.63, 3.8) is 0 Å². The minimum atomic E-state index is 0.247. The van der Waals surface area contributed by atoms with Crippen LogP contribution in [0.2, 0.25) is 0 Å². The predicted octanol–water partition coefficient (Wildman–Crippen LogP) is 2.74. The number of hydrogen-bond acceptors (Lipinski definition) is 2. The van der Waals surface area contributed by atoms with Crippen molar-refractivity contribution in [3.8, 4) is 0 Å². The SMILES string of the molecule is CC(NC(CCO)C(C)C)c1ccccc1. The van der Waals surface area contributed by atoms with Crippen LogP contribution in [0.5, 0.6) is 0 Å². The molecule has 1 aromatic carbocycles. The van der Waals surface area contributed by atoms with E-state index in [9.17, 15) is 0 Å². The lowest BCUT2D eigenvalue weighted by atomic mass is 9.99. The van der Waals surface area contributed by atoms with Crippen LogP contribution in [0.1, 0.15) is 38.8 Å². The zero-order valence-corrected chi connectivity index (χ0v) is 10.5. The maximum absolute atomic E-state index is 9.03. The minimum absolute atomic E-state index is 0.247. The Labute approximate surface area is 98.7 Å². The molecule has 1 aromatic rings. The highest BCUT2D eigenvalue weighted by Gasteiger charge is 2.15. The van der Waals surface area contributed by atoms with Gasteiger partial charge < -0.3 is 10.4 Å². The molecule has 2 atom stereocenters. The van der Waals surface area contributed by atoms with Gasteiger partial charge in [0.15, 0.2) is 0 Å². The van der Waals surface area contributed by atoms with Gasteiger partial charge in [-0.05, 0) is 24.8 Å². The Morgan fingerprint density at radius 2 is 1.75 bits per heavy atom. The summed E-state index contributed by atoms with van der Waals surface area (Å²) >= 11 is 0. The van der Waals surface area contributed by atoms with Crippen LogP contribution in [0.3, 0.4) is 0 Å². The largest absolute Gasteiger partial charge is 0.396 e. The summed E-state index contributed by atoms with van der Waals surface area (Å²) in [4.78, 5) is 0. The van der Waals surface area contributed by atoms with E-state index in [-0.39, 0.29) is 6.61 Å². The van der Waals surface area contributed by atoms with Gasteiger partial charge >= 0.3 is 0 Å². The standard InChI is InChI=1S/C14H23NO/c1-11(2)14(9-10-16)15-12(3)13-7-5-4-6-8-13/h4-8,11-12,14-16H,9-10H2,1-3H3. The first-order valence-electron chi connectivity index (χ1n) is 6.07. The van der Waals surface area contributed by atoms with E-state index in [2.05, 4.69) is 50.4 Å². The van der Waals surface area contributed by atoms with Crippen LogP contribution in [-0.4, -0.2) is 17.8 Å². The molecule has 0 amide bonds. The number of hydrogen-bond donors (Lipinski definition) is 2. The van der Waals surface area contributed by atoms with Gasteiger partial charge in [-0.15, -0.1) is 0 Å². The molecule has 0 aliphatic carbocycles. The van der Waals surface area contributed by atoms with E-state index in [4.69, 9.17) is 5.11 Å². The van der Waals surface area contributed by atoms with E-state index in [0.717, 1.165) is 6.42 Å². The second-order valence-electron chi connectivity index (χ2n) is 4.66. The molecule has 0 aliphatic heterocycles. The molecule has 90 valence electrons. The first-order valence-corrected chi connectivity index (χ1v) is 6.07. The normalized spacial score (nSPS) is 15.1. The molecule has 2 heteroatoms. The lowest BCUT2D eigenvalue weighted by Gasteiger charge is -2.26. The van der Waals surface area contributed by atoms with Crippen molar-refractivity contribution in [1.29, 1.82) is 0 Å². The molecule has 0 aromatic heterocycles. The number of benzene rings is 1. The zero-order chi connectivity index (χ0) is 12.0. The average Bonchev–Trinajstić information content (AvgIpc) is 2.29. The second-order valence-corrected chi connectivity index (χ2v) is 4.66. The van der Waals surface area contributed by atoms with E-state index in [1.807, 2.05) is 6.07 Å². The van der Waals surface area contributed by atoms with Crippen LogP contribution < -0.4 is 5.32 Å². The van der Waals surface area contributed by atoms with Gasteiger partial charge in [0.2, 0.25) is 0 Å². The third-order valence-corrected chi connectivity index (χ3v) is 3.01. The van der Waals surface area contributed by atoms with Crippen molar-refractivity contribution in [2.45, 2.75) is 39.3 Å². The third kappa shape index (κ3) is 3.95. The van der Waals surface area contributed by atoms with E-state index < -0.39 is 0 Å². The molecule has 0 heterocycles. The van der Waals surface area contributed by atoms with Gasteiger partial charge in [0.1, 0.15) is 0 Å². The van der Waals surface area contributed by atoms with Crippen molar-refractivity contribution >= 4 is 0 Å². The highest BCUT2D eigenvalue weighted by molar-refractivity contribution is 5.18. The van der Waals surface area contributed by atoms with Crippen LogP contribution in [0.15, 0.2) is 30.3 Å². The van der Waals surface area contributed by atoms with Crippen molar-refractivity contribution in [2.24, 2.45) is 5.92 Å². The lowest BCUT2D eigenvalue weighted by Crippen LogP contribution is -2.36. The van der Waals surface area contributed by atoms with Gasteiger partial charge in [0.05, 0.1) is 0 Å². The summed E-state index contributed by atoms with van der Waals surface area (Å²) in [5.41, 5.74) is 1.30. The predicted molar refractivity (Wildman–Crippen MR) is 68.3 cm³/mol. The van der Waals surface area contributed by atoms with Crippen LogP contribution in [0.25, 0.3) is 0 Å². The Kier molecular flexibility index (Phi) is 5.50. The Morgan fingerprint density at radius 3 is 2.25 bits per heavy atom. The third-order valence-electron chi connectivity index (χ3n) is 3.01. The average molecular weight is 221 g/mol. The van der Waals surface area contributed by atoms with Crippen molar-refractivity contribution in [1.82, 2.24) is 5.32 Å². The van der Waals surface area contributed by atoms with Crippen LogP contribution in [0.4, 0.5) is 0 Å². The second kappa shape index (κ2) is 6.66. The molecule has 2 nitrogen and oxygen atoms in total. The molecule has 0 aliphatic rings. The molecule has 0 bridgehead atoms. The highest BCUT2D eigenvalue weighted by Crippen LogP contribution is 2.15. The summed E-state index contributed by atoms with van der Waals surface area (Å²) in [6, 6.07) is 11.1. The van der Waals surface area contributed by atoms with E-state index >= 15 is 0 Å². The fraction of sp³-hybridized carbons (Fsp3) is 0.571. The quantitative estimate of drug-likeness (QED) is 0.774. The molecule has 0 saturated heterocycles. The first-order chi connectivity index (χ1) is 7.65. The Morgan fingerprint density at radius 1 is 1.12 bits per heavy atom. The molecule has 1 rings (SSSR count). The van der Waals surface area contributed by atoms with Gasteiger partial charge in [-0.3, -0.25) is 0 Å². The van der Waals surface area contributed by atoms with E-state index in [1.165, 1.54) is 5.56 Å². The zero-order valence-electron chi connectivity index (χ0n) is 10.5. The molecule has 0 saturated carbocycles. The van der Waals surface area contributed by atoms with Crippen LogP contribution >= 0.6 is 0 Å². The summed E-state index contributed by atoms with van der Waals surface area (Å²) in [5, 5.41) is 12.6. The highest BCUT2D eigenvalue weighted by atomic mass is 16.3. The van der Waals surface area contributed by atoms with Gasteiger partial charge in [0, 0.05) is 18.7 Å². The van der Waals surface area contributed by atoms with Gasteiger partial charge in [-0.2, -0.15) is 0 Å². The summed E-state index contributed by atoms with van der Waals surface area (Å²) in [7, 11) is 0. The first kappa shape index (κ1) is 13.2. The van der Waals surface area contributed by atoms with Crippen LogP contribution in [0, 0.1) is 5.92 Å². The summed E-state index contributed by atoms with van der Waals surface area (Å²) < 4.78 is 0. The number of aliphatic hydroxyl groups excluding tert-OH is 1. The Balaban J connectivity index is 2.58. The fourth-order valence-corrected chi connectivity index (χ4v) is 1.91. The number of nitrogens with one attached hydrogen (secondary N) is 1.